The van der Waals surface area contributed by atoms with E-state index in [4.69, 9.17) is 10.5 Å². The van der Waals surface area contributed by atoms with Crippen LogP contribution in [0, 0.1) is 24.6 Å². The Morgan fingerprint density at radius 2 is 2.08 bits per heavy atom. The number of halogens is 1. The average molecular weight is 488 g/mol. The summed E-state index contributed by atoms with van der Waals surface area (Å²) in [5.74, 6) is 0.455. The molecule has 9 nitrogen and oxygen atoms in total. The van der Waals surface area contributed by atoms with Gasteiger partial charge in [-0.15, -0.1) is 0 Å². The zero-order chi connectivity index (χ0) is 25.1. The molecule has 1 amide bonds. The third-order valence-electron chi connectivity index (χ3n) is 7.28. The maximum atomic E-state index is 15.4. The van der Waals surface area contributed by atoms with E-state index in [1.54, 1.807) is 29.2 Å². The first kappa shape index (κ1) is 22.3. The number of nitrogen functional groups attached to an aromatic ring is 1. The lowest BCUT2D eigenvalue weighted by Crippen LogP contribution is -2.20. The number of carbonyl (C=O) groups is 1. The van der Waals surface area contributed by atoms with E-state index >= 15 is 4.39 Å². The van der Waals surface area contributed by atoms with Crippen molar-refractivity contribution in [2.24, 2.45) is 18.9 Å². The largest absolute Gasteiger partial charge is 0.474 e. The Bertz CT molecular complexity index is 1530. The van der Waals surface area contributed by atoms with Crippen molar-refractivity contribution in [2.45, 2.75) is 19.8 Å². The molecule has 0 saturated heterocycles. The molecule has 2 aliphatic rings. The number of carbonyl (C=O) groups excluding carboxylic acids is 1. The first-order chi connectivity index (χ1) is 17.3. The van der Waals surface area contributed by atoms with Crippen molar-refractivity contribution in [3.63, 3.8) is 0 Å². The lowest BCUT2D eigenvalue weighted by molar-refractivity contribution is -0.117. The minimum atomic E-state index is -0.534. The molecule has 0 spiro atoms. The molecule has 36 heavy (non-hydrogen) atoms. The first-order valence-electron chi connectivity index (χ1n) is 11.9. The Hall–Kier alpha value is -4.21. The third kappa shape index (κ3) is 3.52. The van der Waals surface area contributed by atoms with E-state index in [9.17, 15) is 4.79 Å². The van der Waals surface area contributed by atoms with Gasteiger partial charge in [-0.2, -0.15) is 5.10 Å². The molecule has 6 rings (SSSR count). The lowest BCUT2D eigenvalue weighted by Gasteiger charge is -2.22. The van der Waals surface area contributed by atoms with Gasteiger partial charge in [0.1, 0.15) is 18.1 Å². The fourth-order valence-corrected chi connectivity index (χ4v) is 5.25. The van der Waals surface area contributed by atoms with Crippen LogP contribution >= 0.6 is 0 Å². The van der Waals surface area contributed by atoms with Gasteiger partial charge in [0.25, 0.3) is 0 Å². The van der Waals surface area contributed by atoms with Gasteiger partial charge in [0.05, 0.1) is 11.9 Å². The Kier molecular flexibility index (Phi) is 5.06. The number of rotatable bonds is 4. The minimum absolute atomic E-state index is 0.00154. The Balaban J connectivity index is 1.32. The summed E-state index contributed by atoms with van der Waals surface area (Å²) in [5.41, 5.74) is 9.76. The Morgan fingerprint density at radius 1 is 1.25 bits per heavy atom. The third-order valence-corrected chi connectivity index (χ3v) is 7.28. The number of nitrogens with one attached hydrogen (secondary N) is 2. The minimum Gasteiger partial charge on any atom is -0.474 e. The smallest absolute Gasteiger partial charge is 0.237 e. The molecule has 3 aromatic heterocycles. The second-order valence-electron chi connectivity index (χ2n) is 9.54. The normalized spacial score (nSPS) is 20.4. The summed E-state index contributed by atoms with van der Waals surface area (Å²) in [4.78, 5) is 21.7. The maximum absolute atomic E-state index is 15.4. The van der Waals surface area contributed by atoms with Crippen molar-refractivity contribution < 1.29 is 13.9 Å². The van der Waals surface area contributed by atoms with Gasteiger partial charge < -0.3 is 21.1 Å². The van der Waals surface area contributed by atoms with Crippen molar-refractivity contribution in [3.8, 4) is 17.0 Å². The highest BCUT2D eigenvalue weighted by Gasteiger charge is 2.52. The lowest BCUT2D eigenvalue weighted by atomic mass is 9.97. The molecule has 0 radical (unpaired) electrons. The molecule has 4 aromatic rings. The molecule has 3 atom stereocenters. The fourth-order valence-electron chi connectivity index (χ4n) is 5.25. The summed E-state index contributed by atoms with van der Waals surface area (Å²) in [5, 5.41) is 11.6. The predicted octanol–water partition coefficient (Wildman–Crippen LogP) is 3.85. The zero-order valence-corrected chi connectivity index (χ0v) is 20.2. The van der Waals surface area contributed by atoms with Crippen molar-refractivity contribution >= 4 is 33.9 Å². The molecular formula is C26H26FN7O2. The highest BCUT2D eigenvalue weighted by atomic mass is 19.1. The number of benzene rings is 1. The molecule has 1 fully saturated rings. The van der Waals surface area contributed by atoms with Gasteiger partial charge in [0.15, 0.2) is 5.82 Å². The molecule has 0 unspecified atom stereocenters. The number of amides is 1. The van der Waals surface area contributed by atoms with Gasteiger partial charge in [-0.3, -0.25) is 9.48 Å². The molecular weight excluding hydrogens is 461 g/mol. The Labute approximate surface area is 206 Å². The van der Waals surface area contributed by atoms with Crippen LogP contribution in [0.1, 0.15) is 24.0 Å². The molecule has 1 saturated carbocycles. The van der Waals surface area contributed by atoms with E-state index in [1.807, 2.05) is 20.2 Å². The summed E-state index contributed by atoms with van der Waals surface area (Å²) >= 11 is 0. The van der Waals surface area contributed by atoms with Crippen LogP contribution in [-0.4, -0.2) is 38.8 Å². The molecule has 10 heteroatoms. The number of hydrogen-bond donors (Lipinski definition) is 3. The summed E-state index contributed by atoms with van der Waals surface area (Å²) in [6.07, 6.45) is 6.85. The number of ether oxygens (including phenoxy) is 1. The van der Waals surface area contributed by atoms with Crippen LogP contribution in [0.25, 0.3) is 21.9 Å². The van der Waals surface area contributed by atoms with Crippen molar-refractivity contribution in [3.05, 3.63) is 53.9 Å². The highest BCUT2D eigenvalue weighted by molar-refractivity contribution is 6.01. The van der Waals surface area contributed by atoms with Crippen LogP contribution in [-0.2, 0) is 11.8 Å². The molecule has 1 aromatic carbocycles. The molecule has 1 aliphatic heterocycles. The van der Waals surface area contributed by atoms with E-state index in [2.05, 4.69) is 32.6 Å². The maximum Gasteiger partial charge on any atom is 0.237 e. The van der Waals surface area contributed by atoms with E-state index in [0.29, 0.717) is 46.7 Å². The second-order valence-corrected chi connectivity index (χ2v) is 9.54. The van der Waals surface area contributed by atoms with E-state index < -0.39 is 5.82 Å². The van der Waals surface area contributed by atoms with Crippen LogP contribution in [0.15, 0.2) is 36.9 Å². The molecule has 4 N–H and O–H groups in total. The molecule has 0 bridgehead atoms. The van der Waals surface area contributed by atoms with Gasteiger partial charge in [-0.1, -0.05) is 6.92 Å². The summed E-state index contributed by atoms with van der Waals surface area (Å²) in [6, 6.07) is 3.44. The van der Waals surface area contributed by atoms with Crippen LogP contribution in [0.4, 0.5) is 21.6 Å². The quantitative estimate of drug-likeness (QED) is 0.374. The van der Waals surface area contributed by atoms with Gasteiger partial charge in [0.2, 0.25) is 11.8 Å². The van der Waals surface area contributed by atoms with Crippen molar-refractivity contribution in [1.82, 2.24) is 19.7 Å². The number of aryl methyl sites for hydroxylation is 1. The SMILES string of the molecule is Cc1c(-c2cc3cc(NC(=O)[C@@H]4[C@H](C)[C@H]4c4cnn(C)c4)ncc3c(N)c2F)cnc2c1NCCO2. The monoisotopic (exact) mass is 487 g/mol. The van der Waals surface area contributed by atoms with E-state index in [0.717, 1.165) is 16.8 Å². The van der Waals surface area contributed by atoms with Crippen LogP contribution in [0.5, 0.6) is 5.88 Å². The number of aromatic nitrogens is 4. The van der Waals surface area contributed by atoms with E-state index in [-0.39, 0.29) is 29.3 Å². The highest BCUT2D eigenvalue weighted by Crippen LogP contribution is 2.54. The van der Waals surface area contributed by atoms with E-state index in [1.165, 1.54) is 6.20 Å². The predicted molar refractivity (Wildman–Crippen MR) is 135 cm³/mol. The fraction of sp³-hybridized carbons (Fsp3) is 0.308. The molecule has 1 aliphatic carbocycles. The molecule has 4 heterocycles. The number of anilines is 3. The van der Waals surface area contributed by atoms with Gasteiger partial charge in [-0.05, 0) is 41.5 Å². The van der Waals surface area contributed by atoms with Crippen LogP contribution in [0.2, 0.25) is 0 Å². The number of fused-ring (bicyclic) bond motifs is 2. The summed E-state index contributed by atoms with van der Waals surface area (Å²) in [7, 11) is 1.86. The van der Waals surface area contributed by atoms with Gasteiger partial charge >= 0.3 is 0 Å². The Morgan fingerprint density at radius 3 is 2.86 bits per heavy atom. The average Bonchev–Trinajstić information content (AvgIpc) is 3.36. The molecule has 184 valence electrons. The van der Waals surface area contributed by atoms with Gasteiger partial charge in [0, 0.05) is 60.5 Å². The topological polar surface area (TPSA) is 120 Å². The standard InChI is InChI=1S/C26H26FN7O2/c1-12-17(9-31-26-24(12)29-4-5-36-26)16-6-14-7-19(30-10-18(14)23(28)22(16)27)33-25(35)21-13(2)20(21)15-8-32-34(3)11-15/h6-11,13,20-21,29H,4-5,28H2,1-3H3,(H,30,33,35)/t13-,20+,21-/m1/s1. The van der Waals surface area contributed by atoms with Crippen LogP contribution in [0.3, 0.4) is 0 Å². The second kappa shape index (κ2) is 8.18. The van der Waals surface area contributed by atoms with Gasteiger partial charge in [-0.25, -0.2) is 14.4 Å². The summed E-state index contributed by atoms with van der Waals surface area (Å²) < 4.78 is 22.7. The van der Waals surface area contributed by atoms with Crippen LogP contribution < -0.4 is 21.1 Å². The van der Waals surface area contributed by atoms with Crippen molar-refractivity contribution in [2.75, 3.05) is 29.5 Å². The number of nitrogens with two attached hydrogens (primary N) is 1. The number of nitrogens with zero attached hydrogens (tertiary/aromatic N) is 4. The zero-order valence-electron chi connectivity index (χ0n) is 20.2. The summed E-state index contributed by atoms with van der Waals surface area (Å²) in [6.45, 7) is 5.13. The van der Waals surface area contributed by atoms with Crippen molar-refractivity contribution in [1.29, 1.82) is 0 Å². The number of hydrogen-bond acceptors (Lipinski definition) is 7. The first-order valence-corrected chi connectivity index (χ1v) is 11.9. The number of pyridine rings is 2.